The molecule has 3 N–H and O–H groups in total. The van der Waals surface area contributed by atoms with Crippen molar-refractivity contribution in [2.45, 2.75) is 6.54 Å². The van der Waals surface area contributed by atoms with Crippen LogP contribution in [0.2, 0.25) is 0 Å². The number of oxime groups is 1. The van der Waals surface area contributed by atoms with Crippen molar-refractivity contribution in [1.29, 1.82) is 0 Å². The number of aromatic nitrogens is 3. The van der Waals surface area contributed by atoms with E-state index < -0.39 is 0 Å². The van der Waals surface area contributed by atoms with Crippen molar-refractivity contribution < 1.29 is 5.21 Å². The third kappa shape index (κ3) is 3.02. The molecule has 78 valence electrons. The summed E-state index contributed by atoms with van der Waals surface area (Å²) in [5.41, 5.74) is 6.20. The lowest BCUT2D eigenvalue weighted by molar-refractivity contribution is 0.307. The fourth-order valence-corrected chi connectivity index (χ4v) is 1.11. The van der Waals surface area contributed by atoms with Gasteiger partial charge in [-0.2, -0.15) is 0 Å². The third-order valence-electron chi connectivity index (χ3n) is 1.64. The Hall–Kier alpha value is -1.63. The van der Waals surface area contributed by atoms with Gasteiger partial charge in [0, 0.05) is 19.8 Å². The number of nitrogens with zero attached hydrogens (tertiary/aromatic N) is 5. The summed E-state index contributed by atoms with van der Waals surface area (Å²) in [5, 5.41) is 19.0. The molecule has 14 heavy (non-hydrogen) atoms. The van der Waals surface area contributed by atoms with Gasteiger partial charge in [-0.15, -0.1) is 5.10 Å². The van der Waals surface area contributed by atoms with Crippen LogP contribution in [-0.2, 0) is 13.6 Å². The van der Waals surface area contributed by atoms with E-state index >= 15 is 0 Å². The molecule has 0 amide bonds. The molecular weight excluding hydrogens is 184 g/mol. The van der Waals surface area contributed by atoms with E-state index in [1.807, 2.05) is 18.1 Å². The first-order valence-electron chi connectivity index (χ1n) is 4.12. The second-order valence-corrected chi connectivity index (χ2v) is 3.15. The van der Waals surface area contributed by atoms with Crippen molar-refractivity contribution in [3.8, 4) is 0 Å². The molecule has 1 heterocycles. The molecule has 0 radical (unpaired) electrons. The topological polar surface area (TPSA) is 92.6 Å². The molecular formula is C7H14N6O. The maximum Gasteiger partial charge on any atom is 0.153 e. The maximum absolute atomic E-state index is 8.36. The molecule has 0 saturated heterocycles. The van der Waals surface area contributed by atoms with Crippen LogP contribution in [-0.4, -0.2) is 44.5 Å². The quantitative estimate of drug-likeness (QED) is 0.280. The minimum Gasteiger partial charge on any atom is -0.409 e. The molecule has 0 atom stereocenters. The first kappa shape index (κ1) is 10.5. The van der Waals surface area contributed by atoms with Crippen LogP contribution in [0.25, 0.3) is 0 Å². The summed E-state index contributed by atoms with van der Waals surface area (Å²) in [6.07, 6.45) is 1.82. The van der Waals surface area contributed by atoms with Gasteiger partial charge in [0.2, 0.25) is 0 Å². The molecule has 7 nitrogen and oxygen atoms in total. The Morgan fingerprint density at radius 2 is 2.50 bits per heavy atom. The van der Waals surface area contributed by atoms with Crippen LogP contribution >= 0.6 is 0 Å². The molecule has 1 aromatic rings. The number of likely N-dealkylation sites (N-methyl/N-ethyl adjacent to an activating group) is 1. The lowest BCUT2D eigenvalue weighted by atomic mass is 10.4. The van der Waals surface area contributed by atoms with E-state index in [9.17, 15) is 0 Å². The molecule has 0 spiro atoms. The highest BCUT2D eigenvalue weighted by molar-refractivity contribution is 5.81. The van der Waals surface area contributed by atoms with E-state index in [0.717, 1.165) is 5.69 Å². The van der Waals surface area contributed by atoms with Crippen molar-refractivity contribution in [3.63, 3.8) is 0 Å². The highest BCUT2D eigenvalue weighted by Crippen LogP contribution is 1.96. The molecule has 7 heteroatoms. The third-order valence-corrected chi connectivity index (χ3v) is 1.64. The Kier molecular flexibility index (Phi) is 3.41. The molecule has 1 rings (SSSR count). The van der Waals surface area contributed by atoms with Crippen molar-refractivity contribution in [3.05, 3.63) is 11.9 Å². The van der Waals surface area contributed by atoms with E-state index in [-0.39, 0.29) is 5.84 Å². The van der Waals surface area contributed by atoms with Gasteiger partial charge in [-0.3, -0.25) is 9.58 Å². The van der Waals surface area contributed by atoms with Crippen LogP contribution in [0.4, 0.5) is 0 Å². The molecule has 0 aliphatic heterocycles. The van der Waals surface area contributed by atoms with Gasteiger partial charge in [0.05, 0.1) is 12.2 Å². The van der Waals surface area contributed by atoms with Crippen LogP contribution < -0.4 is 5.73 Å². The Labute approximate surface area is 81.8 Å². The minimum atomic E-state index is 0.177. The van der Waals surface area contributed by atoms with Gasteiger partial charge in [-0.1, -0.05) is 10.4 Å². The van der Waals surface area contributed by atoms with E-state index in [1.165, 1.54) is 0 Å². The molecule has 0 saturated carbocycles. The molecule has 0 bridgehead atoms. The van der Waals surface area contributed by atoms with Crippen LogP contribution in [0.5, 0.6) is 0 Å². The summed E-state index contributed by atoms with van der Waals surface area (Å²) in [6, 6.07) is 0. The summed E-state index contributed by atoms with van der Waals surface area (Å²) in [5.74, 6) is 0.177. The van der Waals surface area contributed by atoms with E-state index in [0.29, 0.717) is 13.1 Å². The maximum atomic E-state index is 8.36. The number of aryl methyl sites for hydroxylation is 1. The van der Waals surface area contributed by atoms with E-state index in [1.54, 1.807) is 11.7 Å². The fraction of sp³-hybridized carbons (Fsp3) is 0.571. The summed E-state index contributed by atoms with van der Waals surface area (Å²) in [6.45, 7) is 1.01. The van der Waals surface area contributed by atoms with Crippen molar-refractivity contribution >= 4 is 5.84 Å². The van der Waals surface area contributed by atoms with E-state index in [2.05, 4.69) is 15.5 Å². The summed E-state index contributed by atoms with van der Waals surface area (Å²) < 4.78 is 1.63. The Morgan fingerprint density at radius 3 is 3.00 bits per heavy atom. The van der Waals surface area contributed by atoms with Crippen molar-refractivity contribution in [1.82, 2.24) is 19.9 Å². The van der Waals surface area contributed by atoms with Crippen molar-refractivity contribution in [2.24, 2.45) is 17.9 Å². The fourth-order valence-electron chi connectivity index (χ4n) is 1.11. The van der Waals surface area contributed by atoms with Gasteiger partial charge < -0.3 is 10.9 Å². The lowest BCUT2D eigenvalue weighted by Crippen LogP contribution is -2.30. The zero-order chi connectivity index (χ0) is 10.6. The van der Waals surface area contributed by atoms with E-state index in [4.69, 9.17) is 10.9 Å². The highest BCUT2D eigenvalue weighted by Gasteiger charge is 2.05. The summed E-state index contributed by atoms with van der Waals surface area (Å²) in [7, 11) is 3.66. The zero-order valence-corrected chi connectivity index (χ0v) is 8.25. The lowest BCUT2D eigenvalue weighted by Gasteiger charge is -2.12. The first-order chi connectivity index (χ1) is 6.61. The van der Waals surface area contributed by atoms with Gasteiger partial charge in [-0.05, 0) is 7.05 Å². The predicted octanol–water partition coefficient (Wildman–Crippen LogP) is -1.01. The van der Waals surface area contributed by atoms with Gasteiger partial charge in [0.15, 0.2) is 5.84 Å². The molecule has 0 aromatic carbocycles. The number of hydrogen-bond donors (Lipinski definition) is 2. The second-order valence-electron chi connectivity index (χ2n) is 3.15. The Bertz CT molecular complexity index is 320. The average Bonchev–Trinajstić information content (AvgIpc) is 2.50. The van der Waals surface area contributed by atoms with Gasteiger partial charge in [0.1, 0.15) is 0 Å². The van der Waals surface area contributed by atoms with Crippen LogP contribution in [0.1, 0.15) is 5.69 Å². The molecule has 0 unspecified atom stereocenters. The predicted molar refractivity (Wildman–Crippen MR) is 50.7 cm³/mol. The normalized spacial score (nSPS) is 12.4. The SMILES string of the molecule is CN(CC(N)=NO)Cc1cn(C)nn1. The largest absolute Gasteiger partial charge is 0.409 e. The standard InChI is InChI=1S/C7H14N6O/c1-12(5-7(8)10-14)3-6-4-13(2)11-9-6/h4,14H,3,5H2,1-2H3,(H2,8,10). The Morgan fingerprint density at radius 1 is 1.79 bits per heavy atom. The smallest absolute Gasteiger partial charge is 0.153 e. The number of hydrogen-bond acceptors (Lipinski definition) is 5. The van der Waals surface area contributed by atoms with Crippen LogP contribution in [0.3, 0.4) is 0 Å². The van der Waals surface area contributed by atoms with Gasteiger partial charge >= 0.3 is 0 Å². The summed E-state index contributed by atoms with van der Waals surface area (Å²) in [4.78, 5) is 1.87. The second kappa shape index (κ2) is 4.56. The number of amidine groups is 1. The van der Waals surface area contributed by atoms with Crippen LogP contribution in [0.15, 0.2) is 11.4 Å². The van der Waals surface area contributed by atoms with Gasteiger partial charge in [-0.25, -0.2) is 0 Å². The molecule has 0 aliphatic carbocycles. The molecule has 0 aliphatic rings. The zero-order valence-electron chi connectivity index (χ0n) is 8.25. The molecule has 0 fully saturated rings. The van der Waals surface area contributed by atoms with Crippen LogP contribution in [0, 0.1) is 0 Å². The number of rotatable bonds is 4. The van der Waals surface area contributed by atoms with Gasteiger partial charge in [0.25, 0.3) is 0 Å². The monoisotopic (exact) mass is 198 g/mol. The van der Waals surface area contributed by atoms with Crippen molar-refractivity contribution in [2.75, 3.05) is 13.6 Å². The highest BCUT2D eigenvalue weighted by atomic mass is 16.4. The number of nitrogens with two attached hydrogens (primary N) is 1. The average molecular weight is 198 g/mol. The summed E-state index contributed by atoms with van der Waals surface area (Å²) >= 11 is 0. The Balaban J connectivity index is 2.45. The first-order valence-corrected chi connectivity index (χ1v) is 4.12. The minimum absolute atomic E-state index is 0.177. The molecule has 1 aromatic heterocycles.